The summed E-state index contributed by atoms with van der Waals surface area (Å²) in [5.41, 5.74) is 8.20. The molecule has 0 aliphatic carbocycles. The highest BCUT2D eigenvalue weighted by Crippen LogP contribution is 2.21. The Hall–Kier alpha value is -2.10. The first-order chi connectivity index (χ1) is 11.9. The fourth-order valence-corrected chi connectivity index (χ4v) is 2.93. The van der Waals surface area contributed by atoms with E-state index in [2.05, 4.69) is 32.1 Å². The van der Waals surface area contributed by atoms with Crippen molar-refractivity contribution in [2.75, 3.05) is 0 Å². The molecule has 0 heterocycles. The van der Waals surface area contributed by atoms with Gasteiger partial charge in [-0.2, -0.15) is 0 Å². The van der Waals surface area contributed by atoms with E-state index in [1.165, 1.54) is 5.56 Å². The van der Waals surface area contributed by atoms with Crippen LogP contribution in [0, 0.1) is 5.92 Å². The molecule has 0 bridgehead atoms. The molecule has 4 nitrogen and oxygen atoms in total. The molecule has 0 aliphatic rings. The second-order valence-corrected chi connectivity index (χ2v) is 6.84. The number of hydrogen-bond donors (Lipinski definition) is 2. The highest BCUT2D eigenvalue weighted by Gasteiger charge is 2.13. The van der Waals surface area contributed by atoms with Crippen LogP contribution in [-0.4, -0.2) is 17.0 Å². The second-order valence-electron chi connectivity index (χ2n) is 6.84. The van der Waals surface area contributed by atoms with Crippen LogP contribution in [0.25, 0.3) is 0 Å². The van der Waals surface area contributed by atoms with Gasteiger partial charge in [-0.05, 0) is 55.2 Å². The minimum Gasteiger partial charge on any atom is -0.481 e. The monoisotopic (exact) mass is 345 g/mol. The van der Waals surface area contributed by atoms with Crippen molar-refractivity contribution in [1.82, 2.24) is 0 Å². The van der Waals surface area contributed by atoms with Crippen molar-refractivity contribution in [2.45, 2.75) is 65.2 Å². The van der Waals surface area contributed by atoms with Gasteiger partial charge in [0.2, 0.25) is 5.91 Å². The van der Waals surface area contributed by atoms with Gasteiger partial charge in [0, 0.05) is 5.56 Å². The Bertz CT molecular complexity index is 605. The Morgan fingerprint density at radius 1 is 1.20 bits per heavy atom. The van der Waals surface area contributed by atoms with Gasteiger partial charge in [-0.25, -0.2) is 0 Å². The topological polar surface area (TPSA) is 80.4 Å². The molecule has 0 aliphatic heterocycles. The zero-order valence-electron chi connectivity index (χ0n) is 15.6. The Balaban J connectivity index is 2.45. The van der Waals surface area contributed by atoms with Crippen molar-refractivity contribution < 1.29 is 14.7 Å². The molecular formula is C21H31NO3. The molecule has 1 aromatic carbocycles. The Kier molecular flexibility index (Phi) is 8.96. The number of unbranched alkanes of at least 4 members (excludes halogenated alkanes) is 2. The number of carbonyl (C=O) groups excluding carboxylic acids is 1. The lowest BCUT2D eigenvalue weighted by atomic mass is 9.93. The van der Waals surface area contributed by atoms with Gasteiger partial charge in [0.15, 0.2) is 0 Å². The Morgan fingerprint density at radius 2 is 1.92 bits per heavy atom. The van der Waals surface area contributed by atoms with Crippen LogP contribution in [0.5, 0.6) is 0 Å². The van der Waals surface area contributed by atoms with Crippen molar-refractivity contribution in [3.63, 3.8) is 0 Å². The molecule has 1 amide bonds. The van der Waals surface area contributed by atoms with Crippen LogP contribution in [0.1, 0.15) is 80.3 Å². The largest absolute Gasteiger partial charge is 0.481 e. The number of aliphatic carboxylic acids is 1. The van der Waals surface area contributed by atoms with Gasteiger partial charge in [-0.1, -0.05) is 51.5 Å². The van der Waals surface area contributed by atoms with E-state index in [9.17, 15) is 9.59 Å². The smallest absolute Gasteiger partial charge is 0.306 e. The normalized spacial score (nSPS) is 12.6. The van der Waals surface area contributed by atoms with Gasteiger partial charge in [-0.15, -0.1) is 0 Å². The zero-order valence-corrected chi connectivity index (χ0v) is 15.6. The molecule has 0 saturated heterocycles. The molecule has 0 saturated carbocycles. The molecule has 1 atom stereocenters. The maximum Gasteiger partial charge on any atom is 0.306 e. The molecule has 25 heavy (non-hydrogen) atoms. The summed E-state index contributed by atoms with van der Waals surface area (Å²) in [7, 11) is 0. The predicted octanol–water partition coefficient (Wildman–Crippen LogP) is 4.68. The third-order valence-corrected chi connectivity index (χ3v) is 4.54. The standard InChI is InChI=1S/C21H31NO3/c1-4-17(21(24)25)11-9-7-5-6-8-10-16-12-13-18(20(22)23)19(14-16)15(2)3/h6,8,12-15,17H,4-5,7,9-11H2,1-3H3,(H2,22,23)(H,24,25). The highest BCUT2D eigenvalue weighted by atomic mass is 16.4. The Morgan fingerprint density at radius 3 is 2.48 bits per heavy atom. The lowest BCUT2D eigenvalue weighted by molar-refractivity contribution is -0.142. The summed E-state index contributed by atoms with van der Waals surface area (Å²) in [5, 5.41) is 9.01. The van der Waals surface area contributed by atoms with Crippen LogP contribution >= 0.6 is 0 Å². The lowest BCUT2D eigenvalue weighted by Gasteiger charge is -2.12. The van der Waals surface area contributed by atoms with E-state index in [-0.39, 0.29) is 17.7 Å². The summed E-state index contributed by atoms with van der Waals surface area (Å²) in [6.07, 6.45) is 9.49. The van der Waals surface area contributed by atoms with Crippen LogP contribution < -0.4 is 5.73 Å². The van der Waals surface area contributed by atoms with Crippen molar-refractivity contribution in [1.29, 1.82) is 0 Å². The van der Waals surface area contributed by atoms with E-state index >= 15 is 0 Å². The number of rotatable bonds is 11. The quantitative estimate of drug-likeness (QED) is 0.451. The summed E-state index contributed by atoms with van der Waals surface area (Å²) in [4.78, 5) is 22.4. The fourth-order valence-electron chi connectivity index (χ4n) is 2.93. The average Bonchev–Trinajstić information content (AvgIpc) is 2.56. The van der Waals surface area contributed by atoms with Gasteiger partial charge in [0.1, 0.15) is 0 Å². The van der Waals surface area contributed by atoms with E-state index in [0.717, 1.165) is 37.7 Å². The third-order valence-electron chi connectivity index (χ3n) is 4.54. The van der Waals surface area contributed by atoms with Crippen LogP contribution in [0.15, 0.2) is 30.4 Å². The summed E-state index contributed by atoms with van der Waals surface area (Å²) in [6.45, 7) is 6.04. The van der Waals surface area contributed by atoms with E-state index in [0.29, 0.717) is 12.0 Å². The van der Waals surface area contributed by atoms with Crippen LogP contribution in [-0.2, 0) is 11.2 Å². The zero-order chi connectivity index (χ0) is 18.8. The molecule has 3 N–H and O–H groups in total. The minimum absolute atomic E-state index is 0.206. The molecule has 1 rings (SSSR count). The number of hydrogen-bond acceptors (Lipinski definition) is 2. The van der Waals surface area contributed by atoms with Crippen LogP contribution in [0.2, 0.25) is 0 Å². The third kappa shape index (κ3) is 7.12. The number of amides is 1. The van der Waals surface area contributed by atoms with Gasteiger partial charge < -0.3 is 10.8 Å². The van der Waals surface area contributed by atoms with Crippen molar-refractivity contribution >= 4 is 11.9 Å². The van der Waals surface area contributed by atoms with Gasteiger partial charge in [0.05, 0.1) is 5.92 Å². The SMILES string of the molecule is CCC(CCCCC=CCc1ccc(C(N)=O)c(C(C)C)c1)C(=O)O. The lowest BCUT2D eigenvalue weighted by Crippen LogP contribution is -2.14. The fraction of sp³-hybridized carbons (Fsp3) is 0.524. The highest BCUT2D eigenvalue weighted by molar-refractivity contribution is 5.94. The van der Waals surface area contributed by atoms with Gasteiger partial charge in [-0.3, -0.25) is 9.59 Å². The van der Waals surface area contributed by atoms with Crippen molar-refractivity contribution in [3.05, 3.63) is 47.0 Å². The number of carbonyl (C=O) groups is 2. The van der Waals surface area contributed by atoms with Gasteiger partial charge >= 0.3 is 5.97 Å². The van der Waals surface area contributed by atoms with E-state index in [4.69, 9.17) is 10.8 Å². The Labute approximate surface area is 151 Å². The maximum atomic E-state index is 11.5. The van der Waals surface area contributed by atoms with Crippen molar-refractivity contribution in [2.24, 2.45) is 11.7 Å². The predicted molar refractivity (Wildman–Crippen MR) is 102 cm³/mol. The molecule has 0 spiro atoms. The molecule has 138 valence electrons. The van der Waals surface area contributed by atoms with E-state index in [1.807, 2.05) is 19.1 Å². The first kappa shape index (κ1) is 20.9. The molecule has 0 fully saturated rings. The number of carboxylic acid groups (broad SMARTS) is 1. The number of allylic oxidation sites excluding steroid dienone is 2. The summed E-state index contributed by atoms with van der Waals surface area (Å²) >= 11 is 0. The molecule has 0 aromatic heterocycles. The number of primary amides is 1. The number of carboxylic acids is 1. The average molecular weight is 345 g/mol. The van der Waals surface area contributed by atoms with Crippen molar-refractivity contribution in [3.8, 4) is 0 Å². The van der Waals surface area contributed by atoms with Crippen LogP contribution in [0.3, 0.4) is 0 Å². The number of benzene rings is 1. The first-order valence-electron chi connectivity index (χ1n) is 9.17. The second kappa shape index (κ2) is 10.7. The molecule has 1 unspecified atom stereocenters. The summed E-state index contributed by atoms with van der Waals surface area (Å²) in [5.74, 6) is -1.01. The number of nitrogens with two attached hydrogens (primary N) is 1. The molecule has 0 radical (unpaired) electrons. The molecular weight excluding hydrogens is 314 g/mol. The minimum atomic E-state index is -0.682. The van der Waals surface area contributed by atoms with E-state index < -0.39 is 5.97 Å². The summed E-state index contributed by atoms with van der Waals surface area (Å²) in [6, 6.07) is 5.83. The summed E-state index contributed by atoms with van der Waals surface area (Å²) < 4.78 is 0. The van der Waals surface area contributed by atoms with E-state index in [1.54, 1.807) is 0 Å². The van der Waals surface area contributed by atoms with Crippen LogP contribution in [0.4, 0.5) is 0 Å². The molecule has 4 heteroatoms. The molecule has 1 aromatic rings. The maximum absolute atomic E-state index is 11.5. The van der Waals surface area contributed by atoms with Gasteiger partial charge in [0.25, 0.3) is 0 Å². The first-order valence-corrected chi connectivity index (χ1v) is 9.17.